The number of fused-ring (bicyclic) bond motifs is 4. The summed E-state index contributed by atoms with van der Waals surface area (Å²) in [5.74, 6) is -1.05. The number of hydrogen-bond acceptors (Lipinski definition) is 9. The molecule has 11 nitrogen and oxygen atoms in total. The molecule has 290 valence electrons. The van der Waals surface area contributed by atoms with E-state index in [1.165, 1.54) is 36.4 Å². The zero-order chi connectivity index (χ0) is 41.2. The second-order valence-electron chi connectivity index (χ2n) is 14.0. The third-order valence-electron chi connectivity index (χ3n) is 10.0. The van der Waals surface area contributed by atoms with Crippen LogP contribution in [0.2, 0.25) is 10.0 Å². The number of ether oxygens (including phenoxy) is 1. The Balaban J connectivity index is 1.24. The summed E-state index contributed by atoms with van der Waals surface area (Å²) in [4.78, 5) is 41.2. The quantitative estimate of drug-likeness (QED) is 0.0794. The molecule has 58 heavy (non-hydrogen) atoms. The Hall–Kier alpha value is -6.63. The van der Waals surface area contributed by atoms with Crippen LogP contribution in [0.25, 0.3) is 45.6 Å². The molecule has 1 amide bonds. The minimum absolute atomic E-state index is 0.0242. The first-order valence-corrected chi connectivity index (χ1v) is 18.5. The number of aromatic carboxylic acids is 1. The minimum atomic E-state index is -1.91. The number of phenolic OH excluding ortho intramolecular Hbond substituents is 1. The van der Waals surface area contributed by atoms with Gasteiger partial charge in [-0.15, -0.1) is 0 Å². The highest BCUT2D eigenvalue weighted by Gasteiger charge is 2.31. The van der Waals surface area contributed by atoms with Gasteiger partial charge < -0.3 is 39.8 Å². The molecule has 1 aliphatic carbocycles. The van der Waals surface area contributed by atoms with Gasteiger partial charge in [0.2, 0.25) is 0 Å². The first-order chi connectivity index (χ1) is 27.7. The number of rotatable bonds is 8. The van der Waals surface area contributed by atoms with Gasteiger partial charge in [-0.05, 0) is 70.9 Å². The Kier molecular flexibility index (Phi) is 9.70. The molecule has 0 fully saturated rings. The van der Waals surface area contributed by atoms with Gasteiger partial charge >= 0.3 is 5.97 Å². The molecule has 5 N–H and O–H groups in total. The molecule has 0 saturated carbocycles. The summed E-state index contributed by atoms with van der Waals surface area (Å²) in [6, 6.07) is 25.4. The van der Waals surface area contributed by atoms with Gasteiger partial charge in [0.05, 0.1) is 21.2 Å². The Bertz CT molecular complexity index is 3030. The Labute approximate surface area is 339 Å². The molecule has 5 aromatic carbocycles. The number of nitrogens with one attached hydrogen (secondary N) is 1. The highest BCUT2D eigenvalue weighted by Crippen LogP contribution is 2.45. The predicted octanol–water partition coefficient (Wildman–Crippen LogP) is 7.02. The van der Waals surface area contributed by atoms with Gasteiger partial charge in [0.25, 0.3) is 5.91 Å². The molecule has 0 bridgehead atoms. The molecule has 8 rings (SSSR count). The van der Waals surface area contributed by atoms with Crippen LogP contribution in [0.4, 0.5) is 5.69 Å². The van der Waals surface area contributed by atoms with E-state index in [4.69, 9.17) is 32.4 Å². The smallest absolute Gasteiger partial charge is 0.337 e. The summed E-state index contributed by atoms with van der Waals surface area (Å²) in [6.45, 7) is 3.92. The van der Waals surface area contributed by atoms with Crippen molar-refractivity contribution < 1.29 is 39.2 Å². The number of aliphatic hydroxyl groups excluding tert-OH is 1. The maximum atomic E-state index is 14.1. The minimum Gasteiger partial charge on any atom is -0.508 e. The molecule has 0 saturated heterocycles. The number of aromatic hydroxyl groups is 1. The van der Waals surface area contributed by atoms with Crippen molar-refractivity contribution >= 4 is 63.9 Å². The fourth-order valence-corrected chi connectivity index (χ4v) is 7.90. The van der Waals surface area contributed by atoms with Gasteiger partial charge in [0.1, 0.15) is 28.6 Å². The maximum absolute atomic E-state index is 14.1. The van der Waals surface area contributed by atoms with E-state index in [0.29, 0.717) is 60.7 Å². The first-order valence-electron chi connectivity index (χ1n) is 17.8. The van der Waals surface area contributed by atoms with Crippen LogP contribution in [0, 0.1) is 0 Å². The Morgan fingerprint density at radius 2 is 1.62 bits per heavy atom. The maximum Gasteiger partial charge on any atom is 0.337 e. The van der Waals surface area contributed by atoms with E-state index in [2.05, 4.69) is 11.9 Å². The Morgan fingerprint density at radius 3 is 2.36 bits per heavy atom. The Morgan fingerprint density at radius 1 is 0.845 bits per heavy atom. The van der Waals surface area contributed by atoms with Gasteiger partial charge in [-0.2, -0.15) is 0 Å². The average Bonchev–Trinajstić information content (AvgIpc) is 3.18. The molecule has 13 heteroatoms. The van der Waals surface area contributed by atoms with E-state index < -0.39 is 18.2 Å². The number of carboxylic acid groups (broad SMARTS) is 1. The van der Waals surface area contributed by atoms with Gasteiger partial charge in [-0.3, -0.25) is 9.59 Å². The topological polar surface area (TPSA) is 170 Å². The van der Waals surface area contributed by atoms with Crippen molar-refractivity contribution in [1.82, 2.24) is 5.32 Å². The summed E-state index contributed by atoms with van der Waals surface area (Å²) in [7, 11) is 3.75. The molecular weight excluding hydrogens is 783 g/mol. The van der Waals surface area contributed by atoms with Crippen molar-refractivity contribution in [1.29, 1.82) is 0 Å². The lowest BCUT2D eigenvalue weighted by atomic mass is 9.88. The van der Waals surface area contributed by atoms with E-state index in [0.717, 1.165) is 5.69 Å². The fraction of sp³-hybridized carbons (Fsp3) is 0.0889. The lowest BCUT2D eigenvalue weighted by molar-refractivity contribution is -0.0420. The molecule has 5 aromatic rings. The van der Waals surface area contributed by atoms with Gasteiger partial charge in [-0.1, -0.05) is 54.0 Å². The number of carbonyl (C=O) groups is 2. The van der Waals surface area contributed by atoms with Crippen LogP contribution < -0.4 is 30.8 Å². The third kappa shape index (κ3) is 6.69. The van der Waals surface area contributed by atoms with Crippen LogP contribution >= 0.6 is 23.2 Å². The molecule has 2 aliphatic heterocycles. The van der Waals surface area contributed by atoms with Crippen molar-refractivity contribution in [3.05, 3.63) is 161 Å². The molecule has 3 aliphatic rings. The number of carbonyl (C=O) groups excluding carboxylic acids is 1. The van der Waals surface area contributed by atoms with Crippen molar-refractivity contribution in [2.45, 2.75) is 12.8 Å². The second kappa shape index (κ2) is 14.7. The van der Waals surface area contributed by atoms with Gasteiger partial charge in [0.15, 0.2) is 11.7 Å². The van der Waals surface area contributed by atoms with Crippen molar-refractivity contribution in [3.8, 4) is 39.7 Å². The summed E-state index contributed by atoms with van der Waals surface area (Å²) >= 11 is 13.8. The number of phenols is 1. The summed E-state index contributed by atoms with van der Waals surface area (Å²) in [6.07, 6.45) is -1.91. The van der Waals surface area contributed by atoms with Gasteiger partial charge in [-0.25, -0.2) is 4.79 Å². The second-order valence-corrected chi connectivity index (χ2v) is 14.7. The zero-order valence-electron chi connectivity index (χ0n) is 30.8. The lowest BCUT2D eigenvalue weighted by Gasteiger charge is -2.25. The van der Waals surface area contributed by atoms with Crippen LogP contribution in [-0.2, 0) is 6.54 Å². The first kappa shape index (κ1) is 38.3. The molecule has 2 heterocycles. The van der Waals surface area contributed by atoms with Crippen LogP contribution in [0.3, 0.4) is 0 Å². The number of anilines is 1. The normalized spacial score (nSPS) is 12.0. The number of halogens is 2. The van der Waals surface area contributed by atoms with E-state index in [1.807, 2.05) is 31.1 Å². The summed E-state index contributed by atoms with van der Waals surface area (Å²) < 4.78 is 12.3. The van der Waals surface area contributed by atoms with Crippen LogP contribution in [0.15, 0.2) is 106 Å². The van der Waals surface area contributed by atoms with Crippen LogP contribution in [0.1, 0.15) is 49.3 Å². The zero-order valence-corrected chi connectivity index (χ0v) is 32.3. The fourth-order valence-electron chi connectivity index (χ4n) is 7.29. The third-order valence-corrected chi connectivity index (χ3v) is 10.7. The van der Waals surface area contributed by atoms with Crippen LogP contribution in [0.5, 0.6) is 17.2 Å². The predicted molar refractivity (Wildman–Crippen MR) is 222 cm³/mol. The molecule has 0 unspecified atom stereocenters. The number of hydrogen-bond donors (Lipinski definition) is 5. The van der Waals surface area contributed by atoms with E-state index in [9.17, 15) is 34.8 Å². The van der Waals surface area contributed by atoms with Crippen molar-refractivity contribution in [3.63, 3.8) is 0 Å². The van der Waals surface area contributed by atoms with E-state index in [1.54, 1.807) is 48.5 Å². The standard InChI is InChI=1S/C45H32Cl2N2O9/c1-21-4-9-29-34(14-21)57-35-16-23(49(2)3)6-11-30(35)39(29)41-40(45(55)56)33(46)19-32(42(41)47)43(52)48-20-22-5-10-26(44(53)54)31(15-22)38-27-12-7-24(50)17-36(27)58-37-18-25(51)8-13-28(37)38/h4-19,44,50,53-54H,1,20H2,2-3H3,(H,48,52)(H,55,56). The lowest BCUT2D eigenvalue weighted by Crippen LogP contribution is -2.25. The van der Waals surface area contributed by atoms with E-state index in [-0.39, 0.29) is 61.4 Å². The molecule has 0 atom stereocenters. The number of carboxylic acids is 1. The number of benzene rings is 6. The SMILES string of the molecule is C=c1ccc2c(c1)Oc1cc(N(C)C)ccc1C=2c1c(Cl)c(C(=O)NCc2ccc(C(O)O)c(-c3c4ccc(=O)cc-4oc4cc(O)ccc34)c2)cc(Cl)c1C(=O)O. The largest absolute Gasteiger partial charge is 0.508 e. The van der Waals surface area contributed by atoms with Crippen LogP contribution in [-0.4, -0.2) is 46.4 Å². The molecule has 0 aromatic heterocycles. The molecule has 0 spiro atoms. The molecule has 0 radical (unpaired) electrons. The number of aliphatic hydroxyl groups is 2. The summed E-state index contributed by atoms with van der Waals surface area (Å²) in [5.41, 5.74) is 3.32. The van der Waals surface area contributed by atoms with Gasteiger partial charge in [0, 0.05) is 88.5 Å². The van der Waals surface area contributed by atoms with E-state index >= 15 is 0 Å². The summed E-state index contributed by atoms with van der Waals surface area (Å²) in [5, 5.41) is 45.8. The highest BCUT2D eigenvalue weighted by atomic mass is 35.5. The number of nitrogens with zero attached hydrogens (tertiary/aromatic N) is 1. The number of amides is 1. The molecular formula is C45H32Cl2N2O9. The monoisotopic (exact) mass is 814 g/mol. The van der Waals surface area contributed by atoms with Crippen molar-refractivity contribution in [2.24, 2.45) is 0 Å². The van der Waals surface area contributed by atoms with Crippen molar-refractivity contribution in [2.75, 3.05) is 19.0 Å². The average molecular weight is 816 g/mol. The highest BCUT2D eigenvalue weighted by molar-refractivity contribution is 6.40.